The summed E-state index contributed by atoms with van der Waals surface area (Å²) >= 11 is 0. The van der Waals surface area contributed by atoms with Gasteiger partial charge < -0.3 is 54.3 Å². The van der Waals surface area contributed by atoms with E-state index in [1.807, 2.05) is 0 Å². The first-order chi connectivity index (χ1) is 20.4. The summed E-state index contributed by atoms with van der Waals surface area (Å²) < 4.78 is 22.5. The number of ether oxygens (including phenoxy) is 5. The minimum absolute atomic E-state index is 0.498. The molecule has 0 aromatic heterocycles. The SMILES string of the molecule is CC(=O)O.CC(=O)OC(C)(OC(=O)CCC(=O)O)OC(=O)CCC(=O)O.CC(O)(OC(=O)CCC(=O)O)OC(=O)CCC(=O)O. The van der Waals surface area contributed by atoms with Crippen molar-refractivity contribution in [3.05, 3.63) is 0 Å². The van der Waals surface area contributed by atoms with Crippen molar-refractivity contribution in [1.82, 2.24) is 0 Å². The van der Waals surface area contributed by atoms with Gasteiger partial charge in [-0.1, -0.05) is 0 Å². The number of carbonyl (C=O) groups excluding carboxylic acids is 5. The number of hydrogen-bond donors (Lipinski definition) is 6. The fraction of sp³-hybridized carbons (Fsp3) is 0.583. The first-order valence-electron chi connectivity index (χ1n) is 12.3. The minimum Gasteiger partial charge on any atom is -0.481 e. The molecule has 0 saturated heterocycles. The second-order valence-electron chi connectivity index (χ2n) is 8.34. The maximum Gasteiger partial charge on any atom is 0.420 e. The maximum atomic E-state index is 11.4. The van der Waals surface area contributed by atoms with E-state index in [2.05, 4.69) is 23.7 Å². The number of carbonyl (C=O) groups is 10. The van der Waals surface area contributed by atoms with E-state index in [0.29, 0.717) is 0 Å². The molecule has 0 heterocycles. The lowest BCUT2D eigenvalue weighted by Gasteiger charge is -2.27. The van der Waals surface area contributed by atoms with Crippen LogP contribution in [-0.2, 0) is 71.6 Å². The van der Waals surface area contributed by atoms with Gasteiger partial charge in [0.2, 0.25) is 0 Å². The van der Waals surface area contributed by atoms with E-state index in [1.54, 1.807) is 0 Å². The second-order valence-corrected chi connectivity index (χ2v) is 8.34. The first kappa shape index (κ1) is 44.1. The van der Waals surface area contributed by atoms with Crippen LogP contribution in [0, 0.1) is 0 Å². The van der Waals surface area contributed by atoms with Crippen LogP contribution in [0.3, 0.4) is 0 Å². The molecule has 6 N–H and O–H groups in total. The van der Waals surface area contributed by atoms with Crippen LogP contribution in [0.5, 0.6) is 0 Å². The number of hydrogen-bond acceptors (Lipinski definition) is 16. The molecule has 0 fully saturated rings. The van der Waals surface area contributed by atoms with Gasteiger partial charge in [-0.3, -0.25) is 47.9 Å². The third kappa shape index (κ3) is 33.0. The zero-order valence-corrected chi connectivity index (χ0v) is 24.5. The molecule has 256 valence electrons. The zero-order chi connectivity index (χ0) is 36.0. The van der Waals surface area contributed by atoms with E-state index in [1.165, 1.54) is 0 Å². The molecule has 0 unspecified atom stereocenters. The highest BCUT2D eigenvalue weighted by Gasteiger charge is 2.37. The summed E-state index contributed by atoms with van der Waals surface area (Å²) in [7, 11) is 0. The number of rotatable bonds is 17. The van der Waals surface area contributed by atoms with Gasteiger partial charge in [0.1, 0.15) is 0 Å². The van der Waals surface area contributed by atoms with Gasteiger partial charge in [0.15, 0.2) is 0 Å². The van der Waals surface area contributed by atoms with Crippen molar-refractivity contribution in [2.75, 3.05) is 0 Å². The van der Waals surface area contributed by atoms with Crippen LogP contribution < -0.4 is 0 Å². The zero-order valence-electron chi connectivity index (χ0n) is 24.5. The van der Waals surface area contributed by atoms with Crippen molar-refractivity contribution >= 4 is 59.7 Å². The fourth-order valence-electron chi connectivity index (χ4n) is 2.22. The van der Waals surface area contributed by atoms with Gasteiger partial charge in [0.25, 0.3) is 5.97 Å². The first-order valence-corrected chi connectivity index (χ1v) is 12.3. The second kappa shape index (κ2) is 22.2. The topological polar surface area (TPSA) is 338 Å². The molecule has 0 spiro atoms. The lowest BCUT2D eigenvalue weighted by molar-refractivity contribution is -0.320. The normalized spacial score (nSPS) is 10.2. The number of carboxylic acid groups (broad SMARTS) is 5. The lowest BCUT2D eigenvalue weighted by atomic mass is 10.3. The molecule has 21 heteroatoms. The van der Waals surface area contributed by atoms with Crippen molar-refractivity contribution < 1.29 is 102 Å². The van der Waals surface area contributed by atoms with Gasteiger partial charge in [-0.05, 0) is 0 Å². The Bertz CT molecular complexity index is 1020. The van der Waals surface area contributed by atoms with Gasteiger partial charge in [-0.25, -0.2) is 0 Å². The van der Waals surface area contributed by atoms with Crippen LogP contribution in [0.2, 0.25) is 0 Å². The van der Waals surface area contributed by atoms with Gasteiger partial charge >= 0.3 is 65.7 Å². The third-order valence-corrected chi connectivity index (χ3v) is 3.71. The van der Waals surface area contributed by atoms with Crippen LogP contribution in [0.4, 0.5) is 0 Å². The summed E-state index contributed by atoms with van der Waals surface area (Å²) in [5, 5.41) is 50.3. The molecule has 0 aromatic carbocycles. The van der Waals surface area contributed by atoms with Crippen molar-refractivity contribution in [3.63, 3.8) is 0 Å². The quantitative estimate of drug-likeness (QED) is 0.0854. The summed E-state index contributed by atoms with van der Waals surface area (Å²) in [6.07, 6.45) is -4.11. The molecule has 0 aliphatic heterocycles. The summed E-state index contributed by atoms with van der Waals surface area (Å²) in [6.45, 7) is 3.85. The van der Waals surface area contributed by atoms with Crippen molar-refractivity contribution in [2.45, 2.75) is 91.0 Å². The Morgan fingerprint density at radius 2 is 0.667 bits per heavy atom. The molecule has 45 heavy (non-hydrogen) atoms. The van der Waals surface area contributed by atoms with E-state index in [4.69, 9.17) is 30.3 Å². The van der Waals surface area contributed by atoms with Gasteiger partial charge in [-0.2, -0.15) is 0 Å². The monoisotopic (exact) mass is 658 g/mol. The van der Waals surface area contributed by atoms with E-state index in [0.717, 1.165) is 27.7 Å². The lowest BCUT2D eigenvalue weighted by Crippen LogP contribution is -2.41. The maximum absolute atomic E-state index is 11.4. The molecule has 0 amide bonds. The Morgan fingerprint density at radius 3 is 0.867 bits per heavy atom. The largest absolute Gasteiger partial charge is 0.481 e. The molecule has 0 radical (unpaired) electrons. The average Bonchev–Trinajstić information content (AvgIpc) is 2.82. The van der Waals surface area contributed by atoms with Gasteiger partial charge in [0.05, 0.1) is 58.3 Å². The average molecular weight is 659 g/mol. The van der Waals surface area contributed by atoms with Crippen molar-refractivity contribution in [1.29, 1.82) is 0 Å². The molecule has 0 saturated carbocycles. The molecule has 0 bridgehead atoms. The van der Waals surface area contributed by atoms with Crippen LogP contribution in [0.15, 0.2) is 0 Å². The van der Waals surface area contributed by atoms with Crippen LogP contribution >= 0.6 is 0 Å². The smallest absolute Gasteiger partial charge is 0.420 e. The Morgan fingerprint density at radius 1 is 0.444 bits per heavy atom. The highest BCUT2D eigenvalue weighted by atomic mass is 16.9. The molecular weight excluding hydrogens is 624 g/mol. The number of aliphatic hydroxyl groups is 1. The van der Waals surface area contributed by atoms with E-state index >= 15 is 0 Å². The minimum atomic E-state index is -2.56. The number of esters is 5. The molecule has 0 aliphatic rings. The van der Waals surface area contributed by atoms with Crippen molar-refractivity contribution in [3.8, 4) is 0 Å². The van der Waals surface area contributed by atoms with E-state index in [-0.39, 0.29) is 0 Å². The molecule has 0 aliphatic carbocycles. The highest BCUT2D eigenvalue weighted by Crippen LogP contribution is 2.18. The summed E-state index contributed by atoms with van der Waals surface area (Å²) in [4.78, 5) is 106. The fourth-order valence-corrected chi connectivity index (χ4v) is 2.22. The highest BCUT2D eigenvalue weighted by molar-refractivity contribution is 5.79. The number of carboxylic acids is 5. The Balaban J connectivity index is -0.000000705. The molecule has 21 nitrogen and oxygen atoms in total. The number of aliphatic carboxylic acids is 5. The van der Waals surface area contributed by atoms with Crippen molar-refractivity contribution in [2.24, 2.45) is 0 Å². The molecule has 0 aromatic rings. The summed E-state index contributed by atoms with van der Waals surface area (Å²) in [5.41, 5.74) is 0. The predicted molar refractivity (Wildman–Crippen MR) is 136 cm³/mol. The van der Waals surface area contributed by atoms with E-state index < -0.39 is 123 Å². The Labute approximate surface area is 253 Å². The van der Waals surface area contributed by atoms with Gasteiger partial charge in [0, 0.05) is 20.8 Å². The molecule has 0 rings (SSSR count). The van der Waals surface area contributed by atoms with Gasteiger partial charge in [-0.15, -0.1) is 0 Å². The van der Waals surface area contributed by atoms with Crippen LogP contribution in [0.25, 0.3) is 0 Å². The van der Waals surface area contributed by atoms with E-state index in [9.17, 15) is 48.3 Å². The Kier molecular flexibility index (Phi) is 21.8. The Hall–Kier alpha value is -5.34. The van der Waals surface area contributed by atoms with Crippen LogP contribution in [0.1, 0.15) is 79.1 Å². The summed E-state index contributed by atoms with van der Waals surface area (Å²) in [5.74, 6) is -16.0. The van der Waals surface area contributed by atoms with Crippen LogP contribution in [-0.4, -0.2) is 102 Å². The predicted octanol–water partition coefficient (Wildman–Crippen LogP) is -0.401. The molecule has 0 atom stereocenters. The standard InChI is InChI=1S/C12H16O10.C10H14O9.C2H4O2/c1-7(13)20-12(2,21-10(18)5-3-8(14)15)22-11(19)6-4-9(16)17;1-10(17,18-8(15)4-2-6(11)12)19-9(16)5-3-7(13)14;1-2(3)4/h3-6H2,1-2H3,(H,14,15)(H,16,17);17H,2-5H2,1H3,(H,11,12)(H,13,14);1H3,(H,3,4). The summed E-state index contributed by atoms with van der Waals surface area (Å²) in [6, 6.07) is 0. The molecular formula is C24H34O21. The third-order valence-electron chi connectivity index (χ3n) is 3.71.